The summed E-state index contributed by atoms with van der Waals surface area (Å²) in [5.74, 6) is -2.16. The molecule has 1 rings (SSSR count). The lowest BCUT2D eigenvalue weighted by atomic mass is 9.96. The Morgan fingerprint density at radius 3 is 2.24 bits per heavy atom. The van der Waals surface area contributed by atoms with Crippen molar-refractivity contribution in [1.82, 2.24) is 5.32 Å². The van der Waals surface area contributed by atoms with E-state index in [9.17, 15) is 20.4 Å². The van der Waals surface area contributed by atoms with Gasteiger partial charge in [0.2, 0.25) is 0 Å². The van der Waals surface area contributed by atoms with Crippen LogP contribution in [0.15, 0.2) is 0 Å². The zero-order chi connectivity index (χ0) is 15.9. The zero-order valence-corrected chi connectivity index (χ0v) is 12.6. The SMILES string of the molecule is CCCCCCCCN[C@@]1(O)O[C@H](CO)[C@@H](O)[C@H](O)[C@H]1O. The molecule has 1 aliphatic rings. The van der Waals surface area contributed by atoms with Crippen LogP contribution >= 0.6 is 0 Å². The van der Waals surface area contributed by atoms with Crippen LogP contribution < -0.4 is 5.32 Å². The van der Waals surface area contributed by atoms with Crippen molar-refractivity contribution < 1.29 is 30.3 Å². The summed E-state index contributed by atoms with van der Waals surface area (Å²) >= 11 is 0. The van der Waals surface area contributed by atoms with E-state index in [2.05, 4.69) is 12.2 Å². The van der Waals surface area contributed by atoms with Gasteiger partial charge < -0.3 is 30.3 Å². The minimum atomic E-state index is -2.16. The number of hydrogen-bond donors (Lipinski definition) is 6. The average Bonchev–Trinajstić information content (AvgIpc) is 2.48. The highest BCUT2D eigenvalue weighted by Gasteiger charge is 2.52. The number of unbranched alkanes of at least 4 members (excludes halogenated alkanes) is 5. The molecule has 0 radical (unpaired) electrons. The number of rotatable bonds is 9. The van der Waals surface area contributed by atoms with Crippen LogP contribution in [0.25, 0.3) is 0 Å². The Hall–Kier alpha value is -0.280. The second-order valence-corrected chi connectivity index (χ2v) is 5.66. The molecule has 126 valence electrons. The molecule has 1 saturated heterocycles. The smallest absolute Gasteiger partial charge is 0.255 e. The zero-order valence-electron chi connectivity index (χ0n) is 12.6. The summed E-state index contributed by atoms with van der Waals surface area (Å²) in [7, 11) is 0. The molecule has 0 unspecified atom stereocenters. The van der Waals surface area contributed by atoms with E-state index < -0.39 is 36.9 Å². The van der Waals surface area contributed by atoms with Crippen molar-refractivity contribution in [2.24, 2.45) is 0 Å². The van der Waals surface area contributed by atoms with Crippen LogP contribution in [-0.4, -0.2) is 69.0 Å². The quantitative estimate of drug-likeness (QED) is 0.240. The van der Waals surface area contributed by atoms with Crippen LogP contribution in [0.4, 0.5) is 0 Å². The summed E-state index contributed by atoms with van der Waals surface area (Å²) < 4.78 is 5.10. The van der Waals surface area contributed by atoms with E-state index in [1.165, 1.54) is 19.3 Å². The van der Waals surface area contributed by atoms with Gasteiger partial charge in [0.25, 0.3) is 5.91 Å². The molecule has 1 heterocycles. The molecular formula is C14H29NO6. The summed E-state index contributed by atoms with van der Waals surface area (Å²) in [4.78, 5) is 0. The van der Waals surface area contributed by atoms with Gasteiger partial charge in [-0.25, -0.2) is 0 Å². The lowest BCUT2D eigenvalue weighted by Gasteiger charge is -2.45. The Kier molecular flexibility index (Phi) is 8.04. The summed E-state index contributed by atoms with van der Waals surface area (Å²) in [5.41, 5.74) is 0. The van der Waals surface area contributed by atoms with Crippen molar-refractivity contribution in [3.8, 4) is 0 Å². The molecule has 0 aromatic heterocycles. The van der Waals surface area contributed by atoms with E-state index in [0.717, 1.165) is 19.3 Å². The highest BCUT2D eigenvalue weighted by atomic mass is 16.7. The highest BCUT2D eigenvalue weighted by molar-refractivity contribution is 4.94. The number of hydrogen-bond acceptors (Lipinski definition) is 7. The molecule has 7 nitrogen and oxygen atoms in total. The number of aliphatic hydroxyl groups is 5. The van der Waals surface area contributed by atoms with Gasteiger partial charge in [0.1, 0.15) is 18.3 Å². The summed E-state index contributed by atoms with van der Waals surface area (Å²) in [6, 6.07) is 0. The van der Waals surface area contributed by atoms with Crippen LogP contribution in [-0.2, 0) is 4.74 Å². The fraction of sp³-hybridized carbons (Fsp3) is 1.00. The molecule has 21 heavy (non-hydrogen) atoms. The monoisotopic (exact) mass is 307 g/mol. The molecule has 0 aromatic carbocycles. The molecule has 0 aliphatic carbocycles. The number of ether oxygens (including phenoxy) is 1. The summed E-state index contributed by atoms with van der Waals surface area (Å²) in [6.07, 6.45) is 0.607. The Balaban J connectivity index is 2.37. The lowest BCUT2D eigenvalue weighted by Crippen LogP contribution is -2.70. The maximum absolute atomic E-state index is 10.2. The van der Waals surface area contributed by atoms with Crippen LogP contribution in [0.3, 0.4) is 0 Å². The molecule has 7 heteroatoms. The van der Waals surface area contributed by atoms with Crippen molar-refractivity contribution >= 4 is 0 Å². The molecule has 1 aliphatic heterocycles. The molecule has 0 saturated carbocycles. The van der Waals surface area contributed by atoms with Crippen molar-refractivity contribution in [3.05, 3.63) is 0 Å². The first-order valence-corrected chi connectivity index (χ1v) is 7.76. The topological polar surface area (TPSA) is 122 Å². The molecule has 0 spiro atoms. The fourth-order valence-electron chi connectivity index (χ4n) is 2.47. The standard InChI is InChI=1S/C14H29NO6/c1-2-3-4-5-6-7-8-15-14(20)13(19)12(18)11(17)10(9-16)21-14/h10-13,15-20H,2-9H2,1H3/t10-,11-,12+,13-,14+/m1/s1. The lowest BCUT2D eigenvalue weighted by molar-refractivity contribution is -0.361. The molecule has 0 bridgehead atoms. The van der Waals surface area contributed by atoms with E-state index >= 15 is 0 Å². The number of aliphatic hydroxyl groups excluding tert-OH is 4. The third-order valence-corrected chi connectivity index (χ3v) is 3.87. The maximum Gasteiger partial charge on any atom is 0.255 e. The first-order chi connectivity index (χ1) is 9.96. The van der Waals surface area contributed by atoms with Gasteiger partial charge in [-0.15, -0.1) is 0 Å². The molecule has 0 aromatic rings. The highest BCUT2D eigenvalue weighted by Crippen LogP contribution is 2.26. The van der Waals surface area contributed by atoms with Crippen LogP contribution in [0.5, 0.6) is 0 Å². The van der Waals surface area contributed by atoms with Crippen molar-refractivity contribution in [2.75, 3.05) is 13.2 Å². The minimum Gasteiger partial charge on any atom is -0.394 e. The predicted octanol–water partition coefficient (Wildman–Crippen LogP) is -0.944. The van der Waals surface area contributed by atoms with Gasteiger partial charge in [-0.1, -0.05) is 39.0 Å². The van der Waals surface area contributed by atoms with E-state index in [0.29, 0.717) is 6.54 Å². The second-order valence-electron chi connectivity index (χ2n) is 5.66. The van der Waals surface area contributed by atoms with Crippen LogP contribution in [0.1, 0.15) is 45.4 Å². The Morgan fingerprint density at radius 2 is 1.62 bits per heavy atom. The minimum absolute atomic E-state index is 0.403. The fourth-order valence-corrected chi connectivity index (χ4v) is 2.47. The van der Waals surface area contributed by atoms with E-state index in [1.54, 1.807) is 0 Å². The molecule has 6 N–H and O–H groups in total. The van der Waals surface area contributed by atoms with Gasteiger partial charge in [0.15, 0.2) is 6.10 Å². The Labute approximate surface area is 125 Å². The third-order valence-electron chi connectivity index (χ3n) is 3.87. The normalized spacial score (nSPS) is 36.9. The summed E-state index contributed by atoms with van der Waals surface area (Å²) in [5, 5.41) is 51.0. The molecular weight excluding hydrogens is 278 g/mol. The summed E-state index contributed by atoms with van der Waals surface area (Å²) in [6.45, 7) is 1.99. The van der Waals surface area contributed by atoms with Gasteiger partial charge in [-0.05, 0) is 6.42 Å². The average molecular weight is 307 g/mol. The number of nitrogens with one attached hydrogen (secondary N) is 1. The first-order valence-electron chi connectivity index (χ1n) is 7.76. The molecule has 0 amide bonds. The van der Waals surface area contributed by atoms with Crippen molar-refractivity contribution in [3.63, 3.8) is 0 Å². The molecule has 1 fully saturated rings. The van der Waals surface area contributed by atoms with Crippen molar-refractivity contribution in [2.45, 2.75) is 75.8 Å². The van der Waals surface area contributed by atoms with Gasteiger partial charge >= 0.3 is 0 Å². The maximum atomic E-state index is 10.2. The third kappa shape index (κ3) is 5.14. The first kappa shape index (κ1) is 18.8. The van der Waals surface area contributed by atoms with Crippen molar-refractivity contribution in [1.29, 1.82) is 0 Å². The van der Waals surface area contributed by atoms with Crippen LogP contribution in [0.2, 0.25) is 0 Å². The van der Waals surface area contributed by atoms with Gasteiger partial charge in [-0.2, -0.15) is 0 Å². The predicted molar refractivity (Wildman–Crippen MR) is 76.3 cm³/mol. The van der Waals surface area contributed by atoms with E-state index in [1.807, 2.05) is 0 Å². The Morgan fingerprint density at radius 1 is 1.00 bits per heavy atom. The van der Waals surface area contributed by atoms with Gasteiger partial charge in [0.05, 0.1) is 6.61 Å². The molecule has 5 atom stereocenters. The Bertz CT molecular complexity index is 291. The van der Waals surface area contributed by atoms with E-state index in [-0.39, 0.29) is 0 Å². The van der Waals surface area contributed by atoms with E-state index in [4.69, 9.17) is 9.84 Å². The van der Waals surface area contributed by atoms with Gasteiger partial charge in [-0.3, -0.25) is 5.32 Å². The van der Waals surface area contributed by atoms with Crippen LogP contribution in [0, 0.1) is 0 Å². The van der Waals surface area contributed by atoms with Gasteiger partial charge in [0, 0.05) is 6.54 Å². The largest absolute Gasteiger partial charge is 0.394 e. The second kappa shape index (κ2) is 8.99.